The first kappa shape index (κ1) is 13.1. The van der Waals surface area contributed by atoms with Gasteiger partial charge in [-0.3, -0.25) is 4.79 Å². The maximum Gasteiger partial charge on any atom is 0.252 e. The van der Waals surface area contributed by atoms with Crippen molar-refractivity contribution in [3.05, 3.63) is 47.2 Å². The van der Waals surface area contributed by atoms with E-state index >= 15 is 0 Å². The quantitative estimate of drug-likeness (QED) is 0.829. The van der Waals surface area contributed by atoms with Crippen molar-refractivity contribution in [1.82, 2.24) is 10.3 Å². The molecule has 1 heterocycles. The van der Waals surface area contributed by atoms with Gasteiger partial charge in [-0.2, -0.15) is 0 Å². The Kier molecular flexibility index (Phi) is 3.55. The van der Waals surface area contributed by atoms with Crippen LogP contribution >= 0.6 is 0 Å². The van der Waals surface area contributed by atoms with Crippen LogP contribution in [-0.2, 0) is 0 Å². The number of aromatic nitrogens is 1. The molecule has 0 saturated carbocycles. The average molecular weight is 259 g/mol. The average Bonchev–Trinajstić information content (AvgIpc) is 2.79. The standard InChI is InChI=1S/C14H17N3O2/c1-8-4-5-11(15)6-12(8)13(18)17-10(3)14-16-7-9(2)19-14/h4-7,10H,15H2,1-3H3,(H,17,18). The van der Waals surface area contributed by atoms with Gasteiger partial charge in [0.1, 0.15) is 11.8 Å². The fourth-order valence-electron chi connectivity index (χ4n) is 1.79. The summed E-state index contributed by atoms with van der Waals surface area (Å²) in [6.07, 6.45) is 1.63. The van der Waals surface area contributed by atoms with Crippen LogP contribution in [0, 0.1) is 13.8 Å². The molecule has 2 aromatic rings. The van der Waals surface area contributed by atoms with E-state index in [1.54, 1.807) is 18.3 Å². The molecule has 0 saturated heterocycles. The van der Waals surface area contributed by atoms with E-state index in [0.717, 1.165) is 11.3 Å². The Morgan fingerprint density at radius 1 is 1.42 bits per heavy atom. The first-order valence-corrected chi connectivity index (χ1v) is 6.06. The van der Waals surface area contributed by atoms with Gasteiger partial charge in [-0.1, -0.05) is 6.07 Å². The van der Waals surface area contributed by atoms with Gasteiger partial charge in [-0.05, 0) is 38.5 Å². The highest BCUT2D eigenvalue weighted by atomic mass is 16.4. The molecule has 1 atom stereocenters. The molecule has 0 spiro atoms. The van der Waals surface area contributed by atoms with Gasteiger partial charge in [-0.25, -0.2) is 4.98 Å². The number of carbonyl (C=O) groups is 1. The van der Waals surface area contributed by atoms with Crippen molar-refractivity contribution in [3.63, 3.8) is 0 Å². The molecule has 0 aliphatic carbocycles. The lowest BCUT2D eigenvalue weighted by atomic mass is 10.1. The second-order valence-corrected chi connectivity index (χ2v) is 4.58. The molecule has 0 radical (unpaired) electrons. The first-order chi connectivity index (χ1) is 8.97. The number of oxazole rings is 1. The van der Waals surface area contributed by atoms with Crippen LogP contribution in [0.2, 0.25) is 0 Å². The van der Waals surface area contributed by atoms with Gasteiger partial charge < -0.3 is 15.5 Å². The monoisotopic (exact) mass is 259 g/mol. The number of anilines is 1. The smallest absolute Gasteiger partial charge is 0.252 e. The van der Waals surface area contributed by atoms with Crippen LogP contribution in [0.4, 0.5) is 5.69 Å². The number of nitrogen functional groups attached to an aromatic ring is 1. The lowest BCUT2D eigenvalue weighted by Gasteiger charge is -2.12. The van der Waals surface area contributed by atoms with E-state index in [1.165, 1.54) is 0 Å². The van der Waals surface area contributed by atoms with Crippen LogP contribution in [0.1, 0.15) is 40.5 Å². The first-order valence-electron chi connectivity index (χ1n) is 6.06. The van der Waals surface area contributed by atoms with E-state index in [0.29, 0.717) is 17.1 Å². The minimum Gasteiger partial charge on any atom is -0.444 e. The third-order valence-corrected chi connectivity index (χ3v) is 2.86. The molecule has 1 aromatic carbocycles. The molecule has 100 valence electrons. The second kappa shape index (κ2) is 5.14. The van der Waals surface area contributed by atoms with Crippen LogP contribution in [-0.4, -0.2) is 10.9 Å². The van der Waals surface area contributed by atoms with E-state index in [9.17, 15) is 4.79 Å². The third-order valence-electron chi connectivity index (χ3n) is 2.86. The minimum absolute atomic E-state index is 0.187. The third kappa shape index (κ3) is 2.93. The molecule has 1 amide bonds. The molecular formula is C14H17N3O2. The Morgan fingerprint density at radius 2 is 2.16 bits per heavy atom. The highest BCUT2D eigenvalue weighted by molar-refractivity contribution is 5.96. The Labute approximate surface area is 111 Å². The highest BCUT2D eigenvalue weighted by Crippen LogP contribution is 2.16. The van der Waals surface area contributed by atoms with E-state index in [-0.39, 0.29) is 11.9 Å². The molecule has 5 heteroatoms. The molecule has 5 nitrogen and oxygen atoms in total. The van der Waals surface area contributed by atoms with Crippen molar-refractivity contribution < 1.29 is 9.21 Å². The zero-order valence-electron chi connectivity index (χ0n) is 11.2. The lowest BCUT2D eigenvalue weighted by molar-refractivity contribution is 0.0933. The molecule has 0 aliphatic heterocycles. The summed E-state index contributed by atoms with van der Waals surface area (Å²) in [4.78, 5) is 16.3. The predicted molar refractivity (Wildman–Crippen MR) is 72.7 cm³/mol. The van der Waals surface area contributed by atoms with Crippen molar-refractivity contribution in [1.29, 1.82) is 0 Å². The normalized spacial score (nSPS) is 12.2. The summed E-state index contributed by atoms with van der Waals surface area (Å²) >= 11 is 0. The zero-order chi connectivity index (χ0) is 14.0. The van der Waals surface area contributed by atoms with Gasteiger partial charge in [0.25, 0.3) is 5.91 Å². The number of nitrogens with zero attached hydrogens (tertiary/aromatic N) is 1. The molecule has 3 N–H and O–H groups in total. The summed E-state index contributed by atoms with van der Waals surface area (Å²) in [5, 5.41) is 2.84. The van der Waals surface area contributed by atoms with Crippen molar-refractivity contribution in [2.75, 3.05) is 5.73 Å². The Hall–Kier alpha value is -2.30. The molecule has 1 aromatic heterocycles. The number of benzene rings is 1. The molecule has 0 aliphatic rings. The molecule has 2 rings (SSSR count). The van der Waals surface area contributed by atoms with Crippen LogP contribution in [0.5, 0.6) is 0 Å². The second-order valence-electron chi connectivity index (χ2n) is 4.58. The van der Waals surface area contributed by atoms with Crippen LogP contribution in [0.15, 0.2) is 28.8 Å². The summed E-state index contributed by atoms with van der Waals surface area (Å²) in [6, 6.07) is 4.97. The van der Waals surface area contributed by atoms with Crippen LogP contribution in [0.25, 0.3) is 0 Å². The topological polar surface area (TPSA) is 81.2 Å². The number of rotatable bonds is 3. The summed E-state index contributed by atoms with van der Waals surface area (Å²) in [7, 11) is 0. The highest BCUT2D eigenvalue weighted by Gasteiger charge is 2.16. The maximum absolute atomic E-state index is 12.2. The van der Waals surface area contributed by atoms with Crippen LogP contribution < -0.4 is 11.1 Å². The van der Waals surface area contributed by atoms with Gasteiger partial charge in [0.05, 0.1) is 6.20 Å². The molecular weight excluding hydrogens is 242 g/mol. The summed E-state index contributed by atoms with van der Waals surface area (Å²) in [5.41, 5.74) is 7.71. The summed E-state index contributed by atoms with van der Waals surface area (Å²) in [6.45, 7) is 5.51. The number of carbonyl (C=O) groups excluding carboxylic acids is 1. The fraction of sp³-hybridized carbons (Fsp3) is 0.286. The Bertz CT molecular complexity index is 604. The van der Waals surface area contributed by atoms with Crippen molar-refractivity contribution >= 4 is 11.6 Å². The molecule has 1 unspecified atom stereocenters. The van der Waals surface area contributed by atoms with E-state index in [1.807, 2.05) is 26.8 Å². The SMILES string of the molecule is Cc1cnc(C(C)NC(=O)c2cc(N)ccc2C)o1. The van der Waals surface area contributed by atoms with Gasteiger partial charge in [0, 0.05) is 11.3 Å². The summed E-state index contributed by atoms with van der Waals surface area (Å²) in [5.74, 6) is 1.02. The number of hydrogen-bond donors (Lipinski definition) is 2. The lowest BCUT2D eigenvalue weighted by Crippen LogP contribution is -2.27. The van der Waals surface area contributed by atoms with Gasteiger partial charge >= 0.3 is 0 Å². The van der Waals surface area contributed by atoms with Crippen molar-refractivity contribution in [2.24, 2.45) is 0 Å². The largest absolute Gasteiger partial charge is 0.444 e. The minimum atomic E-state index is -0.290. The number of nitrogens with two attached hydrogens (primary N) is 1. The van der Waals surface area contributed by atoms with E-state index in [4.69, 9.17) is 10.2 Å². The number of aryl methyl sites for hydroxylation is 2. The Balaban J connectivity index is 2.15. The number of amides is 1. The molecule has 19 heavy (non-hydrogen) atoms. The zero-order valence-corrected chi connectivity index (χ0v) is 11.2. The summed E-state index contributed by atoms with van der Waals surface area (Å²) < 4.78 is 5.39. The predicted octanol–water partition coefficient (Wildman–Crippen LogP) is 2.36. The maximum atomic E-state index is 12.2. The fourth-order valence-corrected chi connectivity index (χ4v) is 1.79. The van der Waals surface area contributed by atoms with Crippen LogP contribution in [0.3, 0.4) is 0 Å². The van der Waals surface area contributed by atoms with Crippen molar-refractivity contribution in [2.45, 2.75) is 26.8 Å². The van der Waals surface area contributed by atoms with E-state index < -0.39 is 0 Å². The number of nitrogens with one attached hydrogen (secondary N) is 1. The van der Waals surface area contributed by atoms with Gasteiger partial charge in [-0.15, -0.1) is 0 Å². The van der Waals surface area contributed by atoms with Gasteiger partial charge in [0.2, 0.25) is 5.89 Å². The molecule has 0 fully saturated rings. The molecule has 0 bridgehead atoms. The number of hydrogen-bond acceptors (Lipinski definition) is 4. The Morgan fingerprint density at radius 3 is 2.79 bits per heavy atom. The van der Waals surface area contributed by atoms with E-state index in [2.05, 4.69) is 10.3 Å². The van der Waals surface area contributed by atoms with Gasteiger partial charge in [0.15, 0.2) is 0 Å². The van der Waals surface area contributed by atoms with Crippen molar-refractivity contribution in [3.8, 4) is 0 Å².